The second-order valence-corrected chi connectivity index (χ2v) is 4.20. The highest BCUT2D eigenvalue weighted by Gasteiger charge is 2.08. The number of nitrogen functional groups attached to an aromatic ring is 1. The zero-order valence-electron chi connectivity index (χ0n) is 11.7. The van der Waals surface area contributed by atoms with Crippen molar-refractivity contribution in [2.45, 2.75) is 6.92 Å². The molecule has 0 radical (unpaired) electrons. The number of hydrogen-bond acceptors (Lipinski definition) is 7. The molecule has 1 heterocycles. The third-order valence-corrected chi connectivity index (χ3v) is 2.51. The standard InChI is InChI=1S/C12H20ClN3O4/c1-9-10(14)11(16-12(13)15-9)20-8-7-19-6-5-18-4-3-17-2/h3-8,14H2,1-2H3. The number of aryl methyl sites for hydroxylation is 1. The Balaban J connectivity index is 2.13. The van der Waals surface area contributed by atoms with E-state index in [-0.39, 0.29) is 11.2 Å². The van der Waals surface area contributed by atoms with Crippen molar-refractivity contribution in [1.82, 2.24) is 9.97 Å². The third-order valence-electron chi connectivity index (χ3n) is 2.34. The Bertz CT molecular complexity index is 407. The normalized spacial score (nSPS) is 10.8. The molecule has 2 N–H and O–H groups in total. The predicted octanol–water partition coefficient (Wildman–Crippen LogP) is 1.08. The van der Waals surface area contributed by atoms with E-state index in [0.717, 1.165) is 0 Å². The van der Waals surface area contributed by atoms with E-state index in [9.17, 15) is 0 Å². The Morgan fingerprint density at radius 1 is 1.00 bits per heavy atom. The molecule has 0 saturated heterocycles. The van der Waals surface area contributed by atoms with Gasteiger partial charge in [-0.25, -0.2) is 4.98 Å². The highest BCUT2D eigenvalue weighted by Crippen LogP contribution is 2.22. The molecule has 0 aromatic carbocycles. The molecule has 0 unspecified atom stereocenters. The Morgan fingerprint density at radius 2 is 1.60 bits per heavy atom. The van der Waals surface area contributed by atoms with Gasteiger partial charge in [0.05, 0.1) is 38.7 Å². The van der Waals surface area contributed by atoms with Crippen LogP contribution in [-0.2, 0) is 14.2 Å². The largest absolute Gasteiger partial charge is 0.474 e. The molecule has 0 saturated carbocycles. The number of halogens is 1. The number of nitrogens with two attached hydrogens (primary N) is 1. The van der Waals surface area contributed by atoms with Gasteiger partial charge in [-0.2, -0.15) is 4.98 Å². The van der Waals surface area contributed by atoms with Crippen molar-refractivity contribution in [3.05, 3.63) is 11.0 Å². The molecular formula is C12H20ClN3O4. The van der Waals surface area contributed by atoms with E-state index in [1.807, 2.05) is 0 Å². The Morgan fingerprint density at radius 3 is 2.25 bits per heavy atom. The van der Waals surface area contributed by atoms with Crippen LogP contribution in [0.5, 0.6) is 5.88 Å². The van der Waals surface area contributed by atoms with Gasteiger partial charge in [0.15, 0.2) is 0 Å². The highest BCUT2D eigenvalue weighted by molar-refractivity contribution is 6.28. The Labute approximate surface area is 123 Å². The smallest absolute Gasteiger partial charge is 0.241 e. The third kappa shape index (κ3) is 6.33. The Hall–Kier alpha value is -1.15. The first kappa shape index (κ1) is 16.9. The Kier molecular flexibility index (Phi) is 8.20. The van der Waals surface area contributed by atoms with Crippen molar-refractivity contribution in [3.63, 3.8) is 0 Å². The van der Waals surface area contributed by atoms with Crippen LogP contribution in [0, 0.1) is 6.92 Å². The number of aromatic nitrogens is 2. The van der Waals surface area contributed by atoms with E-state index in [0.29, 0.717) is 51.0 Å². The summed E-state index contributed by atoms with van der Waals surface area (Å²) < 4.78 is 20.8. The minimum Gasteiger partial charge on any atom is -0.474 e. The second-order valence-electron chi connectivity index (χ2n) is 3.86. The minimum atomic E-state index is 0.110. The average molecular weight is 306 g/mol. The fraction of sp³-hybridized carbons (Fsp3) is 0.667. The van der Waals surface area contributed by atoms with Crippen LogP contribution < -0.4 is 10.5 Å². The van der Waals surface area contributed by atoms with Gasteiger partial charge in [-0.15, -0.1) is 0 Å². The SMILES string of the molecule is COCCOCCOCCOc1nc(Cl)nc(C)c1N. The summed E-state index contributed by atoms with van der Waals surface area (Å²) in [5.41, 5.74) is 6.76. The number of nitrogens with zero attached hydrogens (tertiary/aromatic N) is 2. The molecule has 0 spiro atoms. The predicted molar refractivity (Wildman–Crippen MR) is 75.2 cm³/mol. The van der Waals surface area contributed by atoms with Gasteiger partial charge in [-0.1, -0.05) is 0 Å². The lowest BCUT2D eigenvalue weighted by atomic mass is 10.4. The average Bonchev–Trinajstić information content (AvgIpc) is 2.42. The van der Waals surface area contributed by atoms with Gasteiger partial charge in [0, 0.05) is 7.11 Å². The van der Waals surface area contributed by atoms with Crippen LogP contribution in [0.3, 0.4) is 0 Å². The van der Waals surface area contributed by atoms with Gasteiger partial charge in [-0.3, -0.25) is 0 Å². The van der Waals surface area contributed by atoms with Crippen molar-refractivity contribution in [3.8, 4) is 5.88 Å². The first-order valence-corrected chi connectivity index (χ1v) is 6.59. The van der Waals surface area contributed by atoms with Gasteiger partial charge >= 0.3 is 0 Å². The zero-order valence-corrected chi connectivity index (χ0v) is 12.5. The van der Waals surface area contributed by atoms with Crippen molar-refractivity contribution in [2.24, 2.45) is 0 Å². The van der Waals surface area contributed by atoms with Crippen LogP contribution in [0.15, 0.2) is 0 Å². The van der Waals surface area contributed by atoms with Crippen LogP contribution >= 0.6 is 11.6 Å². The summed E-state index contributed by atoms with van der Waals surface area (Å²) in [6, 6.07) is 0. The zero-order chi connectivity index (χ0) is 14.8. The minimum absolute atomic E-state index is 0.110. The maximum atomic E-state index is 5.78. The van der Waals surface area contributed by atoms with Gasteiger partial charge in [0.2, 0.25) is 11.2 Å². The fourth-order valence-electron chi connectivity index (χ4n) is 1.29. The maximum absolute atomic E-state index is 5.78. The molecule has 114 valence electrons. The molecule has 0 aliphatic rings. The van der Waals surface area contributed by atoms with E-state index >= 15 is 0 Å². The van der Waals surface area contributed by atoms with Gasteiger partial charge < -0.3 is 24.7 Å². The molecule has 20 heavy (non-hydrogen) atoms. The maximum Gasteiger partial charge on any atom is 0.241 e. The molecule has 7 nitrogen and oxygen atoms in total. The van der Waals surface area contributed by atoms with Crippen LogP contribution in [0.1, 0.15) is 5.69 Å². The summed E-state index contributed by atoms with van der Waals surface area (Å²) in [5.74, 6) is 0.280. The summed E-state index contributed by atoms with van der Waals surface area (Å²) in [5, 5.41) is 0.110. The molecule has 0 fully saturated rings. The first-order chi connectivity index (χ1) is 9.65. The molecule has 1 rings (SSSR count). The number of hydrogen-bond donors (Lipinski definition) is 1. The van der Waals surface area contributed by atoms with Crippen molar-refractivity contribution in [2.75, 3.05) is 52.5 Å². The fourth-order valence-corrected chi connectivity index (χ4v) is 1.50. The van der Waals surface area contributed by atoms with Crippen LogP contribution in [-0.4, -0.2) is 56.7 Å². The summed E-state index contributed by atoms with van der Waals surface area (Å²) >= 11 is 5.73. The number of rotatable bonds is 10. The quantitative estimate of drug-likeness (QED) is 0.511. The number of anilines is 1. The van der Waals surface area contributed by atoms with Crippen LogP contribution in [0.25, 0.3) is 0 Å². The topological polar surface area (TPSA) is 88.7 Å². The van der Waals surface area contributed by atoms with E-state index in [1.165, 1.54) is 0 Å². The number of ether oxygens (including phenoxy) is 4. The first-order valence-electron chi connectivity index (χ1n) is 6.22. The molecule has 0 aliphatic carbocycles. The van der Waals surface area contributed by atoms with Gasteiger partial charge in [-0.05, 0) is 18.5 Å². The lowest BCUT2D eigenvalue weighted by molar-refractivity contribution is 0.0177. The molecule has 1 aromatic heterocycles. The lowest BCUT2D eigenvalue weighted by Gasteiger charge is -2.10. The molecule has 0 bridgehead atoms. The van der Waals surface area contributed by atoms with Crippen molar-refractivity contribution < 1.29 is 18.9 Å². The molecule has 0 aliphatic heterocycles. The molecule has 1 aromatic rings. The van der Waals surface area contributed by atoms with Crippen molar-refractivity contribution >= 4 is 17.3 Å². The lowest BCUT2D eigenvalue weighted by Crippen LogP contribution is -2.13. The molecule has 8 heteroatoms. The molecular weight excluding hydrogens is 286 g/mol. The molecule has 0 amide bonds. The second kappa shape index (κ2) is 9.71. The summed E-state index contributed by atoms with van der Waals surface area (Å²) in [7, 11) is 1.63. The summed E-state index contributed by atoms with van der Waals surface area (Å²) in [6.45, 7) is 4.63. The van der Waals surface area contributed by atoms with Gasteiger partial charge in [0.1, 0.15) is 12.3 Å². The van der Waals surface area contributed by atoms with Crippen molar-refractivity contribution in [1.29, 1.82) is 0 Å². The van der Waals surface area contributed by atoms with Crippen LogP contribution in [0.4, 0.5) is 5.69 Å². The van der Waals surface area contributed by atoms with E-state index in [2.05, 4.69) is 9.97 Å². The highest BCUT2D eigenvalue weighted by atomic mass is 35.5. The summed E-state index contributed by atoms with van der Waals surface area (Å²) in [6.07, 6.45) is 0. The van der Waals surface area contributed by atoms with Crippen LogP contribution in [0.2, 0.25) is 5.28 Å². The monoisotopic (exact) mass is 305 g/mol. The van der Waals surface area contributed by atoms with Gasteiger partial charge in [0.25, 0.3) is 0 Å². The van der Waals surface area contributed by atoms with E-state index < -0.39 is 0 Å². The number of methoxy groups -OCH3 is 1. The summed E-state index contributed by atoms with van der Waals surface area (Å²) in [4.78, 5) is 7.83. The van der Waals surface area contributed by atoms with E-state index in [4.69, 9.17) is 36.3 Å². The van der Waals surface area contributed by atoms with E-state index in [1.54, 1.807) is 14.0 Å². The molecule has 0 atom stereocenters.